The lowest BCUT2D eigenvalue weighted by atomic mass is 9.85. The van der Waals surface area contributed by atoms with Crippen molar-refractivity contribution >= 4 is 17.7 Å². The summed E-state index contributed by atoms with van der Waals surface area (Å²) in [5.74, 6) is -0.991. The molecule has 0 aromatic heterocycles. The molecule has 2 aliphatic rings. The number of benzene rings is 1. The Hall–Kier alpha value is -2.69. The van der Waals surface area contributed by atoms with E-state index in [0.717, 1.165) is 30.4 Å². The van der Waals surface area contributed by atoms with Crippen molar-refractivity contribution in [3.63, 3.8) is 0 Å². The average Bonchev–Trinajstić information content (AvgIpc) is 2.72. The Morgan fingerprint density at radius 1 is 1.15 bits per heavy atom. The third kappa shape index (κ3) is 4.54. The lowest BCUT2D eigenvalue weighted by Crippen LogP contribution is -2.45. The van der Waals surface area contributed by atoms with Crippen LogP contribution in [-0.2, 0) is 20.9 Å². The molecule has 1 amide bonds. The maximum Gasteiger partial charge on any atom is 0.410 e. The molecule has 2 unspecified atom stereocenters. The van der Waals surface area contributed by atoms with Crippen molar-refractivity contribution in [3.8, 4) is 0 Å². The van der Waals surface area contributed by atoms with Gasteiger partial charge in [-0.05, 0) is 36.5 Å². The van der Waals surface area contributed by atoms with Gasteiger partial charge in [-0.3, -0.25) is 9.59 Å². The van der Waals surface area contributed by atoms with E-state index in [1.54, 1.807) is 24.0 Å². The molecule has 0 spiro atoms. The van der Waals surface area contributed by atoms with Crippen LogP contribution in [0.4, 0.5) is 4.79 Å². The van der Waals surface area contributed by atoms with E-state index in [2.05, 4.69) is 0 Å². The zero-order valence-electron chi connectivity index (χ0n) is 15.6. The summed E-state index contributed by atoms with van der Waals surface area (Å²) in [7, 11) is 0. The van der Waals surface area contributed by atoms with E-state index in [0.29, 0.717) is 13.0 Å². The highest BCUT2D eigenvalue weighted by atomic mass is 16.6. The largest absolute Gasteiger partial charge is 0.445 e. The van der Waals surface area contributed by atoms with Gasteiger partial charge in [0.1, 0.15) is 12.4 Å². The van der Waals surface area contributed by atoms with Gasteiger partial charge in [-0.2, -0.15) is 0 Å². The van der Waals surface area contributed by atoms with Crippen LogP contribution in [0.2, 0.25) is 0 Å². The van der Waals surface area contributed by atoms with Crippen molar-refractivity contribution < 1.29 is 19.1 Å². The number of ketones is 2. The summed E-state index contributed by atoms with van der Waals surface area (Å²) in [6, 6.07) is 9.42. The van der Waals surface area contributed by atoms with E-state index >= 15 is 0 Å². The van der Waals surface area contributed by atoms with E-state index < -0.39 is 5.92 Å². The highest BCUT2D eigenvalue weighted by Gasteiger charge is 2.33. The highest BCUT2D eigenvalue weighted by Crippen LogP contribution is 2.28. The van der Waals surface area contributed by atoms with Gasteiger partial charge in [0.25, 0.3) is 0 Å². The Bertz CT molecular complexity index is 766. The fraction of sp³-hybridized carbons (Fsp3) is 0.409. The molecule has 0 bridgehead atoms. The van der Waals surface area contributed by atoms with Gasteiger partial charge in [-0.1, -0.05) is 49.4 Å². The van der Waals surface area contributed by atoms with Gasteiger partial charge in [-0.25, -0.2) is 4.79 Å². The number of likely N-dealkylation sites (tertiary alicyclic amines) is 1. The molecule has 2 atom stereocenters. The number of carbonyl (C=O) groups excluding carboxylic acids is 3. The number of nitrogens with zero attached hydrogens (tertiary/aromatic N) is 1. The number of amides is 1. The van der Waals surface area contributed by atoms with Gasteiger partial charge < -0.3 is 9.64 Å². The summed E-state index contributed by atoms with van der Waals surface area (Å²) < 4.78 is 5.51. The van der Waals surface area contributed by atoms with Crippen molar-refractivity contribution in [2.24, 2.45) is 5.92 Å². The number of rotatable bonds is 5. The highest BCUT2D eigenvalue weighted by molar-refractivity contribution is 6.10. The Labute approximate surface area is 159 Å². The maximum absolute atomic E-state index is 12.7. The minimum atomic E-state index is -0.723. The molecule has 0 radical (unpaired) electrons. The van der Waals surface area contributed by atoms with Crippen LogP contribution in [-0.4, -0.2) is 35.1 Å². The summed E-state index contributed by atoms with van der Waals surface area (Å²) in [4.78, 5) is 38.5. The van der Waals surface area contributed by atoms with Crippen LogP contribution in [0.3, 0.4) is 0 Å². The number of Topliss-reactive ketones (excluding diaryl/α,β-unsaturated/α-hetero) is 1. The van der Waals surface area contributed by atoms with Crippen LogP contribution in [0.25, 0.3) is 0 Å². The van der Waals surface area contributed by atoms with E-state index in [-0.39, 0.29) is 30.3 Å². The van der Waals surface area contributed by atoms with E-state index in [9.17, 15) is 14.4 Å². The standard InChI is InChI=1S/C22H25NO4/c1-2-20(24)18-14-17(11-12-21(18)25)19-10-6-7-13-23(19)22(26)27-15-16-8-4-3-5-9-16/h3-5,8-9,11-12,14,18-19H,2,6-7,10,13,15H2,1H3. The average molecular weight is 367 g/mol. The Balaban J connectivity index is 1.73. The van der Waals surface area contributed by atoms with Gasteiger partial charge in [0.05, 0.1) is 12.0 Å². The van der Waals surface area contributed by atoms with Crippen LogP contribution < -0.4 is 0 Å². The summed E-state index contributed by atoms with van der Waals surface area (Å²) >= 11 is 0. The molecule has 5 nitrogen and oxygen atoms in total. The van der Waals surface area contributed by atoms with Gasteiger partial charge in [0.15, 0.2) is 5.78 Å². The third-order valence-corrected chi connectivity index (χ3v) is 5.13. The minimum absolute atomic E-state index is 0.0872. The molecular formula is C22H25NO4. The van der Waals surface area contributed by atoms with Gasteiger partial charge in [0.2, 0.25) is 0 Å². The van der Waals surface area contributed by atoms with Crippen LogP contribution in [0, 0.1) is 5.92 Å². The van der Waals surface area contributed by atoms with Crippen LogP contribution in [0.15, 0.2) is 54.1 Å². The van der Waals surface area contributed by atoms with Gasteiger partial charge >= 0.3 is 6.09 Å². The van der Waals surface area contributed by atoms with Crippen LogP contribution in [0.5, 0.6) is 0 Å². The number of hydrogen-bond acceptors (Lipinski definition) is 4. The van der Waals surface area contributed by atoms with Crippen molar-refractivity contribution in [3.05, 3.63) is 59.7 Å². The first-order valence-electron chi connectivity index (χ1n) is 9.54. The Kier molecular flexibility index (Phi) is 6.22. The second-order valence-corrected chi connectivity index (χ2v) is 6.95. The normalized spacial score (nSPS) is 22.3. The predicted octanol–water partition coefficient (Wildman–Crippen LogP) is 3.84. The topological polar surface area (TPSA) is 63.7 Å². The van der Waals surface area contributed by atoms with Crippen molar-refractivity contribution in [2.75, 3.05) is 6.54 Å². The molecule has 1 aromatic rings. The Morgan fingerprint density at radius 3 is 2.67 bits per heavy atom. The van der Waals surface area contributed by atoms with Crippen LogP contribution in [0.1, 0.15) is 38.2 Å². The third-order valence-electron chi connectivity index (χ3n) is 5.13. The summed E-state index contributed by atoms with van der Waals surface area (Å²) in [6.45, 7) is 2.60. The van der Waals surface area contributed by atoms with Gasteiger partial charge in [-0.15, -0.1) is 0 Å². The molecule has 0 saturated carbocycles. The molecule has 0 N–H and O–H groups in total. The Morgan fingerprint density at radius 2 is 1.93 bits per heavy atom. The molecule has 27 heavy (non-hydrogen) atoms. The van der Waals surface area contributed by atoms with Crippen molar-refractivity contribution in [2.45, 2.75) is 45.3 Å². The zero-order chi connectivity index (χ0) is 19.2. The molecule has 3 rings (SSSR count). The smallest absolute Gasteiger partial charge is 0.410 e. The molecule has 142 valence electrons. The molecule has 1 saturated heterocycles. The number of allylic oxidation sites excluding steroid dienone is 2. The summed E-state index contributed by atoms with van der Waals surface area (Å²) in [5.41, 5.74) is 1.80. The maximum atomic E-state index is 12.7. The van der Waals surface area contributed by atoms with Gasteiger partial charge in [0, 0.05) is 13.0 Å². The number of hydrogen-bond donors (Lipinski definition) is 0. The van der Waals surface area contributed by atoms with E-state index in [4.69, 9.17) is 4.74 Å². The summed E-state index contributed by atoms with van der Waals surface area (Å²) in [5, 5.41) is 0. The summed E-state index contributed by atoms with van der Waals surface area (Å²) in [6.07, 6.45) is 7.64. The number of carbonyl (C=O) groups is 3. The van der Waals surface area contributed by atoms with Crippen molar-refractivity contribution in [1.82, 2.24) is 4.90 Å². The molecular weight excluding hydrogens is 342 g/mol. The SMILES string of the molecule is CCC(=O)C1C=C(C2CCCCN2C(=O)OCc2ccccc2)C=CC1=O. The lowest BCUT2D eigenvalue weighted by molar-refractivity contribution is -0.128. The molecule has 5 heteroatoms. The molecule has 1 aliphatic heterocycles. The second kappa shape index (κ2) is 8.80. The number of ether oxygens (including phenoxy) is 1. The monoisotopic (exact) mass is 367 g/mol. The van der Waals surface area contributed by atoms with E-state index in [1.807, 2.05) is 30.3 Å². The quantitative estimate of drug-likeness (QED) is 0.742. The predicted molar refractivity (Wildman–Crippen MR) is 102 cm³/mol. The van der Waals surface area contributed by atoms with Crippen LogP contribution >= 0.6 is 0 Å². The zero-order valence-corrected chi connectivity index (χ0v) is 15.6. The molecule has 1 fully saturated rings. The first kappa shape index (κ1) is 19.1. The minimum Gasteiger partial charge on any atom is -0.445 e. The second-order valence-electron chi connectivity index (χ2n) is 6.95. The fourth-order valence-corrected chi connectivity index (χ4v) is 3.60. The van der Waals surface area contributed by atoms with E-state index in [1.165, 1.54) is 6.08 Å². The van der Waals surface area contributed by atoms with Crippen molar-refractivity contribution in [1.29, 1.82) is 0 Å². The molecule has 1 heterocycles. The first-order chi connectivity index (χ1) is 13.1. The first-order valence-corrected chi connectivity index (χ1v) is 9.54. The number of piperidine rings is 1. The lowest BCUT2D eigenvalue weighted by Gasteiger charge is -2.36. The molecule has 1 aromatic carbocycles. The fourth-order valence-electron chi connectivity index (χ4n) is 3.60. The molecule has 1 aliphatic carbocycles.